The average molecular weight is 316 g/mol. The molecular weight excluding hydrogens is 296 g/mol. The summed E-state index contributed by atoms with van der Waals surface area (Å²) in [5.74, 6) is -0.0154. The van der Waals surface area contributed by atoms with Gasteiger partial charge in [-0.25, -0.2) is 9.59 Å². The summed E-state index contributed by atoms with van der Waals surface area (Å²) in [6, 6.07) is 9.22. The van der Waals surface area contributed by atoms with E-state index >= 15 is 0 Å². The second-order valence-electron chi connectivity index (χ2n) is 5.70. The average Bonchev–Trinajstić information content (AvgIpc) is 2.55. The van der Waals surface area contributed by atoms with Crippen LogP contribution in [0, 0.1) is 0 Å². The summed E-state index contributed by atoms with van der Waals surface area (Å²) < 4.78 is 10.4. The van der Waals surface area contributed by atoms with Crippen LogP contribution in [0.3, 0.4) is 0 Å². The van der Waals surface area contributed by atoms with E-state index in [4.69, 9.17) is 9.47 Å². The first-order chi connectivity index (χ1) is 11.0. The smallest absolute Gasteiger partial charge is 0.358 e. The molecule has 0 aromatic heterocycles. The number of fused-ring (bicyclic) bond motifs is 1. The highest BCUT2D eigenvalue weighted by Gasteiger charge is 2.60. The van der Waals surface area contributed by atoms with Crippen LogP contribution in [-0.2, 0) is 14.3 Å². The van der Waals surface area contributed by atoms with Gasteiger partial charge in [0.05, 0.1) is 13.7 Å². The van der Waals surface area contributed by atoms with Crippen molar-refractivity contribution in [2.24, 2.45) is 0 Å². The number of esters is 1. The normalized spacial score (nSPS) is 23.3. The standard InChI is InChI=1S/C17H20N2O4/c1-4-23-15(20)14-13(22-3)10-11-17(2)18(16(21)19(14)17)12-8-6-5-7-9-12/h5-9H,4,10-11H2,1-3H3. The number of ether oxygens (including phenoxy) is 2. The Morgan fingerprint density at radius 2 is 1.96 bits per heavy atom. The fourth-order valence-corrected chi connectivity index (χ4v) is 3.29. The molecule has 122 valence electrons. The minimum atomic E-state index is -0.581. The van der Waals surface area contributed by atoms with Crippen molar-refractivity contribution in [2.45, 2.75) is 32.4 Å². The number of para-hydroxylation sites is 1. The number of hydrogen-bond acceptors (Lipinski definition) is 4. The maximum atomic E-state index is 12.7. The van der Waals surface area contributed by atoms with Crippen LogP contribution in [0.25, 0.3) is 0 Å². The van der Waals surface area contributed by atoms with Crippen molar-refractivity contribution in [3.63, 3.8) is 0 Å². The first-order valence-electron chi connectivity index (χ1n) is 7.68. The molecule has 23 heavy (non-hydrogen) atoms. The summed E-state index contributed by atoms with van der Waals surface area (Å²) in [6.07, 6.45) is 1.26. The van der Waals surface area contributed by atoms with Gasteiger partial charge in [-0.1, -0.05) is 18.2 Å². The van der Waals surface area contributed by atoms with Gasteiger partial charge in [0.1, 0.15) is 11.4 Å². The van der Waals surface area contributed by atoms with Gasteiger partial charge in [0, 0.05) is 12.1 Å². The maximum absolute atomic E-state index is 12.7. The summed E-state index contributed by atoms with van der Waals surface area (Å²) in [7, 11) is 1.51. The number of carbonyl (C=O) groups is 2. The highest BCUT2D eigenvalue weighted by atomic mass is 16.5. The van der Waals surface area contributed by atoms with Crippen LogP contribution >= 0.6 is 0 Å². The van der Waals surface area contributed by atoms with Crippen molar-refractivity contribution in [3.8, 4) is 0 Å². The van der Waals surface area contributed by atoms with Crippen molar-refractivity contribution in [1.29, 1.82) is 0 Å². The molecule has 3 rings (SSSR count). The van der Waals surface area contributed by atoms with Crippen LogP contribution in [0.1, 0.15) is 26.7 Å². The van der Waals surface area contributed by atoms with Crippen LogP contribution in [0.2, 0.25) is 0 Å². The molecule has 1 aromatic rings. The quantitative estimate of drug-likeness (QED) is 0.802. The van der Waals surface area contributed by atoms with Crippen LogP contribution in [0.15, 0.2) is 41.8 Å². The predicted octanol–water partition coefficient (Wildman–Crippen LogP) is 2.86. The van der Waals surface area contributed by atoms with E-state index in [9.17, 15) is 9.59 Å². The molecule has 1 unspecified atom stereocenters. The zero-order chi connectivity index (χ0) is 16.6. The van der Waals surface area contributed by atoms with E-state index < -0.39 is 11.6 Å². The Hall–Kier alpha value is -2.50. The number of hydrogen-bond donors (Lipinski definition) is 0. The lowest BCUT2D eigenvalue weighted by molar-refractivity contribution is -0.142. The highest BCUT2D eigenvalue weighted by molar-refractivity contribution is 6.07. The largest absolute Gasteiger partial charge is 0.499 e. The third-order valence-corrected chi connectivity index (χ3v) is 4.39. The van der Waals surface area contributed by atoms with E-state index in [0.29, 0.717) is 18.6 Å². The Bertz CT molecular complexity index is 670. The molecule has 0 spiro atoms. The summed E-state index contributed by atoms with van der Waals surface area (Å²) in [4.78, 5) is 28.3. The summed E-state index contributed by atoms with van der Waals surface area (Å²) in [5.41, 5.74) is 0.461. The summed E-state index contributed by atoms with van der Waals surface area (Å²) in [6.45, 7) is 3.94. The number of nitrogens with zero attached hydrogens (tertiary/aromatic N) is 2. The van der Waals surface area contributed by atoms with Crippen molar-refractivity contribution in [2.75, 3.05) is 18.6 Å². The second-order valence-corrected chi connectivity index (χ2v) is 5.70. The molecule has 1 aromatic carbocycles. The number of urea groups is 1. The van der Waals surface area contributed by atoms with Crippen LogP contribution in [0.4, 0.5) is 10.5 Å². The molecule has 2 aliphatic heterocycles. The van der Waals surface area contributed by atoms with E-state index in [1.165, 1.54) is 12.0 Å². The van der Waals surface area contributed by atoms with E-state index in [2.05, 4.69) is 0 Å². The SMILES string of the molecule is CCOC(=O)C1=C(OC)CCC2(C)N1C(=O)N2c1ccccc1. The topological polar surface area (TPSA) is 59.1 Å². The first-order valence-corrected chi connectivity index (χ1v) is 7.68. The monoisotopic (exact) mass is 316 g/mol. The van der Waals surface area contributed by atoms with Gasteiger partial charge >= 0.3 is 12.0 Å². The third kappa shape index (κ3) is 2.17. The molecule has 1 atom stereocenters. The molecule has 1 fully saturated rings. The summed E-state index contributed by atoms with van der Waals surface area (Å²) >= 11 is 0. The fraction of sp³-hybridized carbons (Fsp3) is 0.412. The zero-order valence-electron chi connectivity index (χ0n) is 13.5. The Morgan fingerprint density at radius 1 is 1.26 bits per heavy atom. The molecule has 0 saturated carbocycles. The van der Waals surface area contributed by atoms with Crippen LogP contribution in [-0.4, -0.2) is 36.3 Å². The van der Waals surface area contributed by atoms with E-state index in [-0.39, 0.29) is 18.3 Å². The van der Waals surface area contributed by atoms with Gasteiger partial charge in [-0.2, -0.15) is 0 Å². The van der Waals surface area contributed by atoms with Crippen molar-refractivity contribution in [3.05, 3.63) is 41.8 Å². The summed E-state index contributed by atoms with van der Waals surface area (Å²) in [5, 5.41) is 0. The lowest BCUT2D eigenvalue weighted by Gasteiger charge is -2.60. The molecule has 6 nitrogen and oxygen atoms in total. The molecule has 2 amide bonds. The molecule has 1 saturated heterocycles. The third-order valence-electron chi connectivity index (χ3n) is 4.39. The Labute approximate surface area is 135 Å². The molecular formula is C17H20N2O4. The number of benzene rings is 1. The van der Waals surface area contributed by atoms with Crippen molar-refractivity contribution < 1.29 is 19.1 Å². The number of allylic oxidation sites excluding steroid dienone is 1. The van der Waals surface area contributed by atoms with Gasteiger partial charge in [0.2, 0.25) is 0 Å². The van der Waals surface area contributed by atoms with Gasteiger partial charge in [-0.15, -0.1) is 0 Å². The first kappa shape index (κ1) is 15.4. The maximum Gasteiger partial charge on any atom is 0.358 e. The minimum Gasteiger partial charge on any atom is -0.499 e. The predicted molar refractivity (Wildman–Crippen MR) is 84.5 cm³/mol. The van der Waals surface area contributed by atoms with Crippen LogP contribution < -0.4 is 4.90 Å². The minimum absolute atomic E-state index is 0.222. The second kappa shape index (κ2) is 5.61. The number of methoxy groups -OCH3 is 1. The number of rotatable bonds is 4. The molecule has 0 bridgehead atoms. The zero-order valence-corrected chi connectivity index (χ0v) is 13.5. The van der Waals surface area contributed by atoms with Gasteiger partial charge in [0.25, 0.3) is 0 Å². The fourth-order valence-electron chi connectivity index (χ4n) is 3.29. The molecule has 2 heterocycles. The number of anilines is 1. The molecule has 0 N–H and O–H groups in total. The molecule has 2 aliphatic rings. The molecule has 6 heteroatoms. The van der Waals surface area contributed by atoms with Crippen LogP contribution in [0.5, 0.6) is 0 Å². The Balaban J connectivity index is 2.00. The van der Waals surface area contributed by atoms with E-state index in [0.717, 1.165) is 5.69 Å². The van der Waals surface area contributed by atoms with Gasteiger partial charge < -0.3 is 9.47 Å². The van der Waals surface area contributed by atoms with Gasteiger partial charge in [0.15, 0.2) is 5.70 Å². The van der Waals surface area contributed by atoms with Crippen molar-refractivity contribution in [1.82, 2.24) is 4.90 Å². The number of amides is 2. The highest BCUT2D eigenvalue weighted by Crippen LogP contribution is 2.47. The lowest BCUT2D eigenvalue weighted by Crippen LogP contribution is -2.77. The molecule has 0 aliphatic carbocycles. The van der Waals surface area contributed by atoms with Crippen molar-refractivity contribution >= 4 is 17.7 Å². The Kier molecular flexibility index (Phi) is 3.75. The van der Waals surface area contributed by atoms with E-state index in [1.807, 2.05) is 37.3 Å². The van der Waals surface area contributed by atoms with Gasteiger partial charge in [-0.05, 0) is 32.4 Å². The molecule has 0 radical (unpaired) electrons. The van der Waals surface area contributed by atoms with E-state index in [1.54, 1.807) is 11.8 Å². The van der Waals surface area contributed by atoms with Gasteiger partial charge in [-0.3, -0.25) is 9.80 Å². The Morgan fingerprint density at radius 3 is 2.57 bits per heavy atom. The lowest BCUT2D eigenvalue weighted by atomic mass is 9.89. The number of carbonyl (C=O) groups excluding carboxylic acids is 2.